The Morgan fingerprint density at radius 1 is 0.355 bits per heavy atom. The van der Waals surface area contributed by atoms with Crippen LogP contribution in [-0.2, 0) is 0 Å². The van der Waals surface area contributed by atoms with Crippen LogP contribution in [0.4, 0.5) is 0 Å². The van der Waals surface area contributed by atoms with Gasteiger partial charge in [0.2, 0.25) is 0 Å². The van der Waals surface area contributed by atoms with Crippen molar-refractivity contribution in [2.24, 2.45) is 0 Å². The van der Waals surface area contributed by atoms with Crippen LogP contribution < -0.4 is 0 Å². The summed E-state index contributed by atoms with van der Waals surface area (Å²) in [5.41, 5.74) is 13.7. The Morgan fingerprint density at radius 3 is 1.44 bits per heavy atom. The molecule has 0 aliphatic carbocycles. The summed E-state index contributed by atoms with van der Waals surface area (Å²) < 4.78 is 9.48. The van der Waals surface area contributed by atoms with Gasteiger partial charge in [0.05, 0.1) is 22.1 Å². The quantitative estimate of drug-likeness (QED) is 0.160. The van der Waals surface area contributed by atoms with Crippen molar-refractivity contribution in [1.82, 2.24) is 29.5 Å². The highest BCUT2D eigenvalue weighted by atomic mass is 16.3. The molecule has 5 heterocycles. The van der Waals surface area contributed by atoms with E-state index in [1.807, 2.05) is 30.3 Å². The van der Waals surface area contributed by atoms with Crippen LogP contribution in [0.5, 0.6) is 0 Å². The lowest BCUT2D eigenvalue weighted by molar-refractivity contribution is 0.674. The summed E-state index contributed by atoms with van der Waals surface area (Å²) in [6.07, 6.45) is 7.06. The number of fused-ring (bicyclic) bond motifs is 7. The summed E-state index contributed by atoms with van der Waals surface area (Å²) in [6, 6.07) is 63.3. The normalized spacial score (nSPS) is 11.5. The molecule has 0 radical (unpaired) electrons. The first kappa shape index (κ1) is 35.4. The van der Waals surface area contributed by atoms with Gasteiger partial charge in [-0.2, -0.15) is 0 Å². The minimum Gasteiger partial charge on any atom is -0.455 e. The van der Waals surface area contributed by atoms with Crippen LogP contribution in [0, 0.1) is 0 Å². The molecule has 62 heavy (non-hydrogen) atoms. The molecule has 5 aromatic heterocycles. The highest BCUT2D eigenvalue weighted by molar-refractivity contribution is 6.25. The molecule has 0 amide bonds. The van der Waals surface area contributed by atoms with E-state index < -0.39 is 0 Å². The van der Waals surface area contributed by atoms with Gasteiger partial charge in [-0.3, -0.25) is 9.97 Å². The fraction of sp³-hybridized carbons (Fsp3) is 0. The van der Waals surface area contributed by atoms with E-state index in [2.05, 4.69) is 166 Å². The van der Waals surface area contributed by atoms with Crippen LogP contribution in [0.2, 0.25) is 0 Å². The molecule has 7 nitrogen and oxygen atoms in total. The second-order valence-electron chi connectivity index (χ2n) is 15.3. The van der Waals surface area contributed by atoms with Gasteiger partial charge < -0.3 is 8.98 Å². The van der Waals surface area contributed by atoms with Crippen molar-refractivity contribution in [2.45, 2.75) is 0 Å². The molecule has 0 aliphatic rings. The molecule has 0 saturated carbocycles. The third-order valence-corrected chi connectivity index (χ3v) is 11.6. The second-order valence-corrected chi connectivity index (χ2v) is 15.3. The Bertz CT molecular complexity index is 3490. The zero-order chi connectivity index (χ0) is 41.0. The molecular formula is C55H34N6O. The number of hydrogen-bond acceptors (Lipinski definition) is 6. The van der Waals surface area contributed by atoms with Crippen LogP contribution in [0.3, 0.4) is 0 Å². The van der Waals surface area contributed by atoms with Gasteiger partial charge in [0.15, 0.2) is 17.5 Å². The smallest absolute Gasteiger partial charge is 0.165 e. The number of rotatable bonds is 7. The van der Waals surface area contributed by atoms with Crippen molar-refractivity contribution in [1.29, 1.82) is 0 Å². The van der Waals surface area contributed by atoms with Crippen LogP contribution >= 0.6 is 0 Å². The summed E-state index contributed by atoms with van der Waals surface area (Å²) >= 11 is 0. The number of furan rings is 1. The van der Waals surface area contributed by atoms with Crippen molar-refractivity contribution in [3.8, 4) is 73.2 Å². The molecule has 0 unspecified atom stereocenters. The van der Waals surface area contributed by atoms with Crippen molar-refractivity contribution in [3.63, 3.8) is 0 Å². The fourth-order valence-corrected chi connectivity index (χ4v) is 8.83. The third-order valence-electron chi connectivity index (χ3n) is 11.6. The van der Waals surface area contributed by atoms with Gasteiger partial charge in [0, 0.05) is 74.3 Å². The molecule has 0 aliphatic heterocycles. The van der Waals surface area contributed by atoms with Gasteiger partial charge in [0.25, 0.3) is 0 Å². The number of hydrogen-bond donors (Lipinski definition) is 0. The zero-order valence-corrected chi connectivity index (χ0v) is 33.2. The summed E-state index contributed by atoms with van der Waals surface area (Å²) in [7, 11) is 0. The Kier molecular flexibility index (Phi) is 8.35. The largest absolute Gasteiger partial charge is 0.455 e. The van der Waals surface area contributed by atoms with Gasteiger partial charge >= 0.3 is 0 Å². The maximum Gasteiger partial charge on any atom is 0.165 e. The lowest BCUT2D eigenvalue weighted by atomic mass is 9.92. The Hall–Kier alpha value is -8.55. The van der Waals surface area contributed by atoms with E-state index in [4.69, 9.17) is 19.4 Å². The zero-order valence-electron chi connectivity index (χ0n) is 33.2. The van der Waals surface area contributed by atoms with E-state index in [1.54, 1.807) is 24.8 Å². The van der Waals surface area contributed by atoms with Crippen LogP contribution in [0.1, 0.15) is 0 Å². The molecule has 0 saturated heterocycles. The van der Waals surface area contributed by atoms with Gasteiger partial charge in [-0.15, -0.1) is 0 Å². The SMILES string of the molecule is c1ccc(-c2cc(-c3nc(-c4cccnc4)nc(-c4cccnc4)n3)cc(-c3ccccc3)c2-n2c3ccccc3c3c4oc5c(-c6ccccc6)cccc5c4ccc32)cc1. The van der Waals surface area contributed by atoms with Crippen molar-refractivity contribution < 1.29 is 4.42 Å². The third kappa shape index (κ3) is 5.86. The lowest BCUT2D eigenvalue weighted by Gasteiger charge is -2.21. The number of pyridine rings is 2. The number of nitrogens with zero attached hydrogens (tertiary/aromatic N) is 6. The van der Waals surface area contributed by atoms with Gasteiger partial charge in [-0.05, 0) is 71.3 Å². The average Bonchev–Trinajstić information content (AvgIpc) is 3.91. The van der Waals surface area contributed by atoms with E-state index in [1.165, 1.54) is 0 Å². The predicted molar refractivity (Wildman–Crippen MR) is 250 cm³/mol. The Labute approximate surface area is 356 Å². The Balaban J connectivity index is 1.18. The molecule has 12 aromatic rings. The second kappa shape index (κ2) is 14.6. The monoisotopic (exact) mass is 794 g/mol. The lowest BCUT2D eigenvalue weighted by Crippen LogP contribution is -2.04. The van der Waals surface area contributed by atoms with Crippen LogP contribution in [0.25, 0.3) is 117 Å². The molecule has 0 fully saturated rings. The molecule has 0 spiro atoms. The minimum atomic E-state index is 0.529. The summed E-state index contributed by atoms with van der Waals surface area (Å²) in [5.74, 6) is 1.60. The highest BCUT2D eigenvalue weighted by Crippen LogP contribution is 2.47. The maximum atomic E-state index is 7.07. The van der Waals surface area contributed by atoms with E-state index in [-0.39, 0.29) is 0 Å². The van der Waals surface area contributed by atoms with Gasteiger partial charge in [0.1, 0.15) is 11.2 Å². The molecule has 0 bridgehead atoms. The molecule has 7 heteroatoms. The molecule has 290 valence electrons. The molecular weight excluding hydrogens is 761 g/mol. The minimum absolute atomic E-state index is 0.529. The van der Waals surface area contributed by atoms with Crippen molar-refractivity contribution in [2.75, 3.05) is 0 Å². The van der Waals surface area contributed by atoms with Gasteiger partial charge in [-0.1, -0.05) is 127 Å². The molecule has 12 rings (SSSR count). The van der Waals surface area contributed by atoms with Gasteiger partial charge in [-0.25, -0.2) is 15.0 Å². The van der Waals surface area contributed by atoms with E-state index in [0.29, 0.717) is 17.5 Å². The standard InChI is InChI=1S/C55H34N6O/c1-4-15-35(16-5-1)41-24-12-25-42-43-27-28-48-49(52(43)62-51(41)42)44-23-10-11-26-47(44)61(48)50-45(36-17-6-2-7-18-36)31-40(32-46(50)37-19-8-3-9-20-37)55-59-53(38-21-13-29-56-33-38)58-54(60-55)39-22-14-30-57-34-39/h1-34H. The highest BCUT2D eigenvalue weighted by Gasteiger charge is 2.25. The van der Waals surface area contributed by atoms with E-state index >= 15 is 0 Å². The Morgan fingerprint density at radius 2 is 0.855 bits per heavy atom. The first-order chi connectivity index (χ1) is 30.8. The van der Waals surface area contributed by atoms with Crippen molar-refractivity contribution >= 4 is 43.7 Å². The van der Waals surface area contributed by atoms with Crippen molar-refractivity contribution in [3.05, 3.63) is 207 Å². The maximum absolute atomic E-state index is 7.07. The molecule has 0 N–H and O–H groups in total. The first-order valence-electron chi connectivity index (χ1n) is 20.6. The number of aromatic nitrogens is 6. The molecule has 7 aromatic carbocycles. The summed E-state index contributed by atoms with van der Waals surface area (Å²) in [5, 5.41) is 4.34. The predicted octanol–water partition coefficient (Wildman–Crippen LogP) is 13.7. The number of para-hydroxylation sites is 2. The molecule has 0 atom stereocenters. The van der Waals surface area contributed by atoms with Crippen LogP contribution in [0.15, 0.2) is 211 Å². The van der Waals surface area contributed by atoms with Crippen LogP contribution in [-0.4, -0.2) is 29.5 Å². The first-order valence-corrected chi connectivity index (χ1v) is 20.6. The van der Waals surface area contributed by atoms with E-state index in [0.717, 1.165) is 99.5 Å². The fourth-order valence-electron chi connectivity index (χ4n) is 8.83. The topological polar surface area (TPSA) is 82.5 Å². The van der Waals surface area contributed by atoms with E-state index in [9.17, 15) is 0 Å². The average molecular weight is 795 g/mol. The summed E-state index contributed by atoms with van der Waals surface area (Å²) in [6.45, 7) is 0. The number of benzene rings is 7. The summed E-state index contributed by atoms with van der Waals surface area (Å²) in [4.78, 5) is 24.0.